The van der Waals surface area contributed by atoms with Crippen molar-refractivity contribution in [2.24, 2.45) is 11.8 Å². The van der Waals surface area contributed by atoms with E-state index in [4.69, 9.17) is 8.92 Å². The molecule has 0 aliphatic carbocycles. The summed E-state index contributed by atoms with van der Waals surface area (Å²) in [6.07, 6.45) is 1.34. The molecule has 7 heteroatoms. The van der Waals surface area contributed by atoms with Gasteiger partial charge in [-0.05, 0) is 64.5 Å². The minimum atomic E-state index is -3.74. The number of hydrogen-bond donors (Lipinski definition) is 0. The molecule has 0 N–H and O–H groups in total. The van der Waals surface area contributed by atoms with Crippen molar-refractivity contribution in [1.82, 2.24) is 4.90 Å². The highest BCUT2D eigenvalue weighted by atomic mass is 32.2. The van der Waals surface area contributed by atoms with Crippen molar-refractivity contribution in [3.8, 4) is 0 Å². The highest BCUT2D eigenvalue weighted by Crippen LogP contribution is 2.27. The number of likely N-dealkylation sites (tertiary alicyclic amines) is 1. The smallest absolute Gasteiger partial charge is 0.410 e. The lowest BCUT2D eigenvalue weighted by atomic mass is 9.86. The minimum Gasteiger partial charge on any atom is -0.444 e. The Labute approximate surface area is 163 Å². The van der Waals surface area contributed by atoms with E-state index in [9.17, 15) is 13.2 Å². The van der Waals surface area contributed by atoms with E-state index in [-0.39, 0.29) is 23.5 Å². The van der Waals surface area contributed by atoms with Crippen molar-refractivity contribution in [2.45, 2.75) is 58.0 Å². The van der Waals surface area contributed by atoms with E-state index in [1.165, 1.54) is 0 Å². The van der Waals surface area contributed by atoms with Crippen LogP contribution in [0.2, 0.25) is 0 Å². The summed E-state index contributed by atoms with van der Waals surface area (Å²) in [6.45, 7) is 10.8. The second-order valence-electron chi connectivity index (χ2n) is 8.33. The first-order valence-electron chi connectivity index (χ1n) is 9.42. The third-order valence-electron chi connectivity index (χ3n) is 4.79. The van der Waals surface area contributed by atoms with Crippen molar-refractivity contribution in [2.75, 3.05) is 19.7 Å². The molecular formula is C20H31NO5S. The summed E-state index contributed by atoms with van der Waals surface area (Å²) < 4.78 is 35.3. The van der Waals surface area contributed by atoms with Crippen molar-refractivity contribution in [1.29, 1.82) is 0 Å². The van der Waals surface area contributed by atoms with E-state index in [2.05, 4.69) is 0 Å². The number of benzene rings is 1. The van der Waals surface area contributed by atoms with Crippen LogP contribution in [0.5, 0.6) is 0 Å². The summed E-state index contributed by atoms with van der Waals surface area (Å²) in [5.41, 5.74) is 0.499. The molecule has 1 aromatic carbocycles. The van der Waals surface area contributed by atoms with Crippen LogP contribution in [0, 0.1) is 18.8 Å². The number of amides is 1. The molecule has 1 aliphatic rings. The molecule has 1 amide bonds. The average Bonchev–Trinajstić information content (AvgIpc) is 2.59. The molecule has 0 unspecified atom stereocenters. The van der Waals surface area contributed by atoms with E-state index >= 15 is 0 Å². The molecule has 0 bridgehead atoms. The van der Waals surface area contributed by atoms with Crippen LogP contribution in [-0.2, 0) is 19.0 Å². The normalized spacial score (nSPS) is 17.6. The maximum atomic E-state index is 12.3. The molecule has 1 aliphatic heterocycles. The number of carbonyl (C=O) groups excluding carboxylic acids is 1. The first kappa shape index (κ1) is 21.7. The Kier molecular flexibility index (Phi) is 6.92. The maximum absolute atomic E-state index is 12.3. The van der Waals surface area contributed by atoms with Gasteiger partial charge >= 0.3 is 6.09 Å². The molecule has 1 atom stereocenters. The van der Waals surface area contributed by atoms with E-state index in [0.29, 0.717) is 19.0 Å². The molecule has 152 valence electrons. The standard InChI is InChI=1S/C20H31NO5S/c1-15-6-8-18(9-7-15)27(23,24)25-14-16(2)17-10-12-21(13-11-17)19(22)26-20(3,4)5/h6-9,16-17H,10-14H2,1-5H3/t16-/m0/s1. The highest BCUT2D eigenvalue weighted by Gasteiger charge is 2.30. The van der Waals surface area contributed by atoms with Gasteiger partial charge in [0.25, 0.3) is 10.1 Å². The molecule has 0 saturated carbocycles. The zero-order valence-electron chi connectivity index (χ0n) is 16.9. The van der Waals surface area contributed by atoms with Crippen molar-refractivity contribution < 1.29 is 22.1 Å². The molecular weight excluding hydrogens is 366 g/mol. The van der Waals surface area contributed by atoms with E-state index < -0.39 is 15.7 Å². The number of ether oxygens (including phenoxy) is 1. The van der Waals surface area contributed by atoms with Crippen LogP contribution < -0.4 is 0 Å². The molecule has 1 aromatic rings. The van der Waals surface area contributed by atoms with Crippen LogP contribution in [-0.4, -0.2) is 44.7 Å². The number of rotatable bonds is 5. The fourth-order valence-electron chi connectivity index (χ4n) is 3.08. The number of hydrogen-bond acceptors (Lipinski definition) is 5. The molecule has 1 heterocycles. The van der Waals surface area contributed by atoms with Crippen LogP contribution in [0.15, 0.2) is 29.2 Å². The van der Waals surface area contributed by atoms with Gasteiger partial charge in [0.1, 0.15) is 5.60 Å². The average molecular weight is 398 g/mol. The Bertz CT molecular complexity index is 729. The van der Waals surface area contributed by atoms with Crippen molar-refractivity contribution >= 4 is 16.2 Å². The van der Waals surface area contributed by atoms with E-state index in [0.717, 1.165) is 18.4 Å². The van der Waals surface area contributed by atoms with E-state index in [1.807, 2.05) is 34.6 Å². The topological polar surface area (TPSA) is 72.9 Å². The lowest BCUT2D eigenvalue weighted by molar-refractivity contribution is 0.0152. The van der Waals surface area contributed by atoms with Crippen LogP contribution in [0.4, 0.5) is 4.79 Å². The molecule has 0 radical (unpaired) electrons. The van der Waals surface area contributed by atoms with Gasteiger partial charge < -0.3 is 9.64 Å². The SMILES string of the molecule is Cc1ccc(S(=O)(=O)OC[C@H](C)C2CCN(C(=O)OC(C)(C)C)CC2)cc1. The fraction of sp³-hybridized carbons (Fsp3) is 0.650. The predicted molar refractivity (Wildman–Crippen MR) is 104 cm³/mol. The third-order valence-corrected chi connectivity index (χ3v) is 6.09. The Hall–Kier alpha value is -1.60. The summed E-state index contributed by atoms with van der Waals surface area (Å²) in [4.78, 5) is 14.0. The van der Waals surface area contributed by atoms with Gasteiger partial charge in [-0.3, -0.25) is 4.18 Å². The molecule has 1 saturated heterocycles. The largest absolute Gasteiger partial charge is 0.444 e. The van der Waals surface area contributed by atoms with Gasteiger partial charge in [-0.1, -0.05) is 24.6 Å². The maximum Gasteiger partial charge on any atom is 0.410 e. The number of carbonyl (C=O) groups is 1. The van der Waals surface area contributed by atoms with Crippen LogP contribution in [0.25, 0.3) is 0 Å². The van der Waals surface area contributed by atoms with E-state index in [1.54, 1.807) is 29.2 Å². The summed E-state index contributed by atoms with van der Waals surface area (Å²) in [5.74, 6) is 0.405. The fourth-order valence-corrected chi connectivity index (χ4v) is 4.08. The van der Waals surface area contributed by atoms with Crippen LogP contribution in [0.1, 0.15) is 46.1 Å². The third kappa shape index (κ3) is 6.50. The van der Waals surface area contributed by atoms with Gasteiger partial charge in [0, 0.05) is 13.1 Å². The summed E-state index contributed by atoms with van der Waals surface area (Å²) in [6, 6.07) is 6.64. The highest BCUT2D eigenvalue weighted by molar-refractivity contribution is 7.86. The Morgan fingerprint density at radius 2 is 1.74 bits per heavy atom. The Balaban J connectivity index is 1.83. The second-order valence-corrected chi connectivity index (χ2v) is 9.95. The number of piperidine rings is 1. The van der Waals surface area contributed by atoms with Crippen LogP contribution >= 0.6 is 0 Å². The molecule has 2 rings (SSSR count). The lowest BCUT2D eigenvalue weighted by Crippen LogP contribution is -2.43. The molecule has 6 nitrogen and oxygen atoms in total. The van der Waals surface area contributed by atoms with Gasteiger partial charge in [0.2, 0.25) is 0 Å². The van der Waals surface area contributed by atoms with Crippen LogP contribution in [0.3, 0.4) is 0 Å². The van der Waals surface area contributed by atoms with Crippen molar-refractivity contribution in [3.05, 3.63) is 29.8 Å². The summed E-state index contributed by atoms with van der Waals surface area (Å²) in [7, 11) is -3.74. The quantitative estimate of drug-likeness (QED) is 0.703. The first-order valence-corrected chi connectivity index (χ1v) is 10.8. The zero-order valence-corrected chi connectivity index (χ0v) is 17.7. The Morgan fingerprint density at radius 3 is 2.26 bits per heavy atom. The van der Waals surface area contributed by atoms with Gasteiger partial charge in [-0.25, -0.2) is 4.79 Å². The molecule has 0 aromatic heterocycles. The summed E-state index contributed by atoms with van der Waals surface area (Å²) in [5, 5.41) is 0. The van der Waals surface area contributed by atoms with Crippen molar-refractivity contribution in [3.63, 3.8) is 0 Å². The number of nitrogens with zero attached hydrogens (tertiary/aromatic N) is 1. The van der Waals surface area contributed by atoms with Gasteiger partial charge in [0.05, 0.1) is 11.5 Å². The minimum absolute atomic E-state index is 0.0889. The molecule has 27 heavy (non-hydrogen) atoms. The lowest BCUT2D eigenvalue weighted by Gasteiger charge is -2.35. The number of aryl methyl sites for hydroxylation is 1. The summed E-state index contributed by atoms with van der Waals surface area (Å²) >= 11 is 0. The molecule has 1 fully saturated rings. The van der Waals surface area contributed by atoms with Gasteiger partial charge in [0.15, 0.2) is 0 Å². The van der Waals surface area contributed by atoms with Gasteiger partial charge in [-0.2, -0.15) is 8.42 Å². The second kappa shape index (κ2) is 8.61. The zero-order chi connectivity index (χ0) is 20.2. The van der Waals surface area contributed by atoms with Gasteiger partial charge in [-0.15, -0.1) is 0 Å². The predicted octanol–water partition coefficient (Wildman–Crippen LogP) is 3.98. The Morgan fingerprint density at radius 1 is 1.19 bits per heavy atom. The molecule has 0 spiro atoms. The monoisotopic (exact) mass is 397 g/mol. The first-order chi connectivity index (χ1) is 12.5.